The summed E-state index contributed by atoms with van der Waals surface area (Å²) in [6.45, 7) is 4.10. The molecule has 1 heterocycles. The molecule has 0 radical (unpaired) electrons. The summed E-state index contributed by atoms with van der Waals surface area (Å²) in [5.41, 5.74) is 1.03. The van der Waals surface area contributed by atoms with Crippen LogP contribution in [-0.2, 0) is 9.53 Å². The Labute approximate surface area is 131 Å². The van der Waals surface area contributed by atoms with E-state index >= 15 is 0 Å². The summed E-state index contributed by atoms with van der Waals surface area (Å²) < 4.78 is 10.5. The van der Waals surface area contributed by atoms with Crippen molar-refractivity contribution < 1.29 is 14.3 Å². The van der Waals surface area contributed by atoms with Crippen molar-refractivity contribution >= 4 is 18.3 Å². The van der Waals surface area contributed by atoms with Crippen LogP contribution in [0.4, 0.5) is 0 Å². The molecule has 1 aromatic rings. The van der Waals surface area contributed by atoms with E-state index < -0.39 is 0 Å². The highest BCUT2D eigenvalue weighted by Gasteiger charge is 2.18. The number of methoxy groups -OCH3 is 1. The number of halogens is 1. The van der Waals surface area contributed by atoms with Gasteiger partial charge in [0, 0.05) is 19.0 Å². The Kier molecular flexibility index (Phi) is 7.50. The van der Waals surface area contributed by atoms with Gasteiger partial charge in [0.05, 0.1) is 26.4 Å². The highest BCUT2D eigenvalue weighted by Crippen LogP contribution is 2.18. The number of nitrogens with one attached hydrogen (secondary N) is 2. The summed E-state index contributed by atoms with van der Waals surface area (Å²) in [4.78, 5) is 12.0. The van der Waals surface area contributed by atoms with Crippen molar-refractivity contribution in [2.75, 3.05) is 26.9 Å². The van der Waals surface area contributed by atoms with Crippen molar-refractivity contribution in [1.82, 2.24) is 10.6 Å². The van der Waals surface area contributed by atoms with Crippen LogP contribution < -0.4 is 15.4 Å². The number of carbonyl (C=O) groups excluding carboxylic acids is 1. The molecule has 2 rings (SSSR count). The predicted molar refractivity (Wildman–Crippen MR) is 84.0 cm³/mol. The first-order chi connectivity index (χ1) is 9.69. The first-order valence-corrected chi connectivity index (χ1v) is 6.93. The van der Waals surface area contributed by atoms with Gasteiger partial charge >= 0.3 is 0 Å². The molecule has 1 saturated heterocycles. The molecule has 2 unspecified atom stereocenters. The van der Waals surface area contributed by atoms with Gasteiger partial charge in [-0.1, -0.05) is 12.1 Å². The van der Waals surface area contributed by atoms with Gasteiger partial charge in [0.15, 0.2) is 0 Å². The van der Waals surface area contributed by atoms with Gasteiger partial charge in [-0.3, -0.25) is 4.79 Å². The monoisotopic (exact) mass is 314 g/mol. The van der Waals surface area contributed by atoms with E-state index in [-0.39, 0.29) is 30.4 Å². The van der Waals surface area contributed by atoms with Gasteiger partial charge in [-0.25, -0.2) is 0 Å². The van der Waals surface area contributed by atoms with Crippen LogP contribution in [0.5, 0.6) is 5.75 Å². The maximum absolute atomic E-state index is 12.0. The molecule has 1 aliphatic heterocycles. The van der Waals surface area contributed by atoms with E-state index in [1.54, 1.807) is 7.11 Å². The lowest BCUT2D eigenvalue weighted by molar-refractivity contribution is -0.122. The van der Waals surface area contributed by atoms with E-state index in [0.717, 1.165) is 24.5 Å². The van der Waals surface area contributed by atoms with Crippen molar-refractivity contribution in [3.8, 4) is 5.75 Å². The average Bonchev–Trinajstić information content (AvgIpc) is 2.48. The van der Waals surface area contributed by atoms with Crippen molar-refractivity contribution in [2.45, 2.75) is 25.4 Å². The lowest BCUT2D eigenvalue weighted by Crippen LogP contribution is -2.44. The fourth-order valence-corrected chi connectivity index (χ4v) is 2.27. The topological polar surface area (TPSA) is 59.6 Å². The smallest absolute Gasteiger partial charge is 0.222 e. The number of ether oxygens (including phenoxy) is 2. The van der Waals surface area contributed by atoms with Crippen molar-refractivity contribution in [3.63, 3.8) is 0 Å². The summed E-state index contributed by atoms with van der Waals surface area (Å²) >= 11 is 0. The Morgan fingerprint density at radius 1 is 1.57 bits per heavy atom. The number of carbonyl (C=O) groups is 1. The number of hydrogen-bond donors (Lipinski definition) is 2. The minimum atomic E-state index is -0.0397. The quantitative estimate of drug-likeness (QED) is 0.868. The van der Waals surface area contributed by atoms with Crippen LogP contribution in [-0.4, -0.2) is 38.8 Å². The van der Waals surface area contributed by atoms with Gasteiger partial charge in [-0.2, -0.15) is 0 Å². The molecule has 1 aliphatic rings. The Morgan fingerprint density at radius 2 is 2.38 bits per heavy atom. The molecule has 5 nitrogen and oxygen atoms in total. The van der Waals surface area contributed by atoms with Gasteiger partial charge in [0.2, 0.25) is 5.91 Å². The van der Waals surface area contributed by atoms with E-state index in [2.05, 4.69) is 10.6 Å². The minimum Gasteiger partial charge on any atom is -0.497 e. The van der Waals surface area contributed by atoms with Gasteiger partial charge in [-0.05, 0) is 24.6 Å². The third-order valence-electron chi connectivity index (χ3n) is 3.40. The maximum atomic E-state index is 12.0. The van der Waals surface area contributed by atoms with Gasteiger partial charge < -0.3 is 20.1 Å². The van der Waals surface area contributed by atoms with E-state index in [1.165, 1.54) is 0 Å². The van der Waals surface area contributed by atoms with E-state index in [1.807, 2.05) is 31.2 Å². The number of benzene rings is 1. The molecule has 0 spiro atoms. The molecular weight excluding hydrogens is 292 g/mol. The minimum absolute atomic E-state index is 0. The molecule has 0 saturated carbocycles. The molecule has 0 bridgehead atoms. The lowest BCUT2D eigenvalue weighted by atomic mass is 10.1. The number of amides is 1. The fraction of sp³-hybridized carbons (Fsp3) is 0.533. The molecular formula is C15H23ClN2O3. The zero-order valence-corrected chi connectivity index (χ0v) is 13.2. The second kappa shape index (κ2) is 8.87. The van der Waals surface area contributed by atoms with Crippen LogP contribution in [0.3, 0.4) is 0 Å². The molecule has 2 atom stereocenters. The highest BCUT2D eigenvalue weighted by molar-refractivity contribution is 5.85. The second-order valence-electron chi connectivity index (χ2n) is 5.00. The fourth-order valence-electron chi connectivity index (χ4n) is 2.27. The van der Waals surface area contributed by atoms with E-state index in [0.29, 0.717) is 13.0 Å². The first-order valence-electron chi connectivity index (χ1n) is 6.93. The summed E-state index contributed by atoms with van der Waals surface area (Å²) in [7, 11) is 1.64. The molecule has 2 N–H and O–H groups in total. The summed E-state index contributed by atoms with van der Waals surface area (Å²) in [6, 6.07) is 7.81. The molecule has 1 amide bonds. The standard InChI is InChI=1S/C15H22N2O3.ClH/c1-11(12-4-3-5-14(8-12)19-2)17-15(18)9-13-10-20-7-6-16-13;/h3-5,8,11,13,16H,6-7,9-10H2,1-2H3,(H,17,18);1H. The maximum Gasteiger partial charge on any atom is 0.222 e. The van der Waals surface area contributed by atoms with Gasteiger partial charge in [0.25, 0.3) is 0 Å². The molecule has 0 aromatic heterocycles. The second-order valence-corrected chi connectivity index (χ2v) is 5.00. The molecule has 1 aromatic carbocycles. The first kappa shape index (κ1) is 17.8. The normalized spacial score (nSPS) is 19.2. The summed E-state index contributed by atoms with van der Waals surface area (Å²) in [6.07, 6.45) is 0.439. The van der Waals surface area contributed by atoms with Crippen LogP contribution in [0.1, 0.15) is 24.9 Å². The van der Waals surface area contributed by atoms with Crippen LogP contribution in [0.2, 0.25) is 0 Å². The van der Waals surface area contributed by atoms with E-state index in [9.17, 15) is 4.79 Å². The van der Waals surface area contributed by atoms with E-state index in [4.69, 9.17) is 9.47 Å². The summed E-state index contributed by atoms with van der Waals surface area (Å²) in [5, 5.41) is 6.28. The molecule has 1 fully saturated rings. The lowest BCUT2D eigenvalue weighted by Gasteiger charge is -2.24. The van der Waals surface area contributed by atoms with Crippen LogP contribution in [0.15, 0.2) is 24.3 Å². The molecule has 21 heavy (non-hydrogen) atoms. The Bertz CT molecular complexity index is 450. The zero-order chi connectivity index (χ0) is 14.4. The molecule has 0 aliphatic carbocycles. The molecule has 118 valence electrons. The molecule has 6 heteroatoms. The third-order valence-corrected chi connectivity index (χ3v) is 3.40. The number of morpholine rings is 1. The van der Waals surface area contributed by atoms with Crippen LogP contribution >= 0.6 is 12.4 Å². The average molecular weight is 315 g/mol. The third kappa shape index (κ3) is 5.53. The SMILES string of the molecule is COc1cccc(C(C)NC(=O)CC2COCCN2)c1.Cl. The largest absolute Gasteiger partial charge is 0.497 e. The van der Waals surface area contributed by atoms with Crippen LogP contribution in [0.25, 0.3) is 0 Å². The Balaban J connectivity index is 0.00000220. The predicted octanol–water partition coefficient (Wildman–Crippen LogP) is 1.67. The van der Waals surface area contributed by atoms with Crippen LogP contribution in [0, 0.1) is 0 Å². The number of hydrogen-bond acceptors (Lipinski definition) is 4. The van der Waals surface area contributed by atoms with Crippen molar-refractivity contribution in [1.29, 1.82) is 0 Å². The summed E-state index contributed by atoms with van der Waals surface area (Å²) in [5.74, 6) is 0.828. The number of rotatable bonds is 5. The Morgan fingerprint density at radius 3 is 3.05 bits per heavy atom. The zero-order valence-electron chi connectivity index (χ0n) is 12.4. The van der Waals surface area contributed by atoms with Gasteiger partial charge in [-0.15, -0.1) is 12.4 Å². The highest BCUT2D eigenvalue weighted by atomic mass is 35.5. The van der Waals surface area contributed by atoms with Crippen molar-refractivity contribution in [2.24, 2.45) is 0 Å². The Hall–Kier alpha value is -1.30. The van der Waals surface area contributed by atoms with Gasteiger partial charge in [0.1, 0.15) is 5.75 Å². The van der Waals surface area contributed by atoms with Crippen molar-refractivity contribution in [3.05, 3.63) is 29.8 Å².